The highest BCUT2D eigenvalue weighted by molar-refractivity contribution is 8.09. The van der Waals surface area contributed by atoms with Crippen LogP contribution in [0.1, 0.15) is 34.6 Å². The van der Waals surface area contributed by atoms with Crippen LogP contribution in [0.2, 0.25) is 10.0 Å². The zero-order chi connectivity index (χ0) is 19.1. The molecule has 138 valence electrons. The van der Waals surface area contributed by atoms with Gasteiger partial charge in [0.15, 0.2) is 0 Å². The third-order valence-electron chi connectivity index (χ3n) is 2.41. The highest BCUT2D eigenvalue weighted by atomic mass is 35.5. The van der Waals surface area contributed by atoms with Crippen LogP contribution >= 0.6 is 29.8 Å². The number of hydrogen-bond donors (Lipinski definition) is 2. The molecule has 0 radical (unpaired) electrons. The van der Waals surface area contributed by atoms with Crippen LogP contribution < -0.4 is 9.61 Å². The van der Waals surface area contributed by atoms with Crippen molar-refractivity contribution in [3.63, 3.8) is 0 Å². The van der Waals surface area contributed by atoms with Gasteiger partial charge in [0.05, 0.1) is 10.4 Å². The van der Waals surface area contributed by atoms with Gasteiger partial charge in [-0.3, -0.25) is 4.79 Å². The molecule has 1 aromatic carbocycles. The van der Waals surface area contributed by atoms with Crippen molar-refractivity contribution < 1.29 is 18.9 Å². The molecule has 9 heteroatoms. The number of carbonyl (C=O) groups is 1. The largest absolute Gasteiger partial charge is 0.481 e. The summed E-state index contributed by atoms with van der Waals surface area (Å²) in [5.41, 5.74) is -0.583. The Morgan fingerprint density at radius 2 is 1.83 bits per heavy atom. The minimum Gasteiger partial charge on any atom is -0.481 e. The van der Waals surface area contributed by atoms with E-state index in [4.69, 9.17) is 49.2 Å². The van der Waals surface area contributed by atoms with E-state index >= 15 is 0 Å². The van der Waals surface area contributed by atoms with Gasteiger partial charge in [0.25, 0.3) is 0 Å². The number of rotatable bonds is 5. The van der Waals surface area contributed by atoms with Crippen LogP contribution in [0.5, 0.6) is 5.75 Å². The van der Waals surface area contributed by atoms with Crippen molar-refractivity contribution in [2.75, 3.05) is 7.11 Å². The molecule has 0 aliphatic heterocycles. The topological polar surface area (TPSA) is 67.8 Å². The Balaban J connectivity index is 0.000000640. The zero-order valence-electron chi connectivity index (χ0n) is 14.6. The fourth-order valence-corrected chi connectivity index (χ4v) is 3.77. The summed E-state index contributed by atoms with van der Waals surface area (Å²) < 4.78 is 10.9. The van der Waals surface area contributed by atoms with Gasteiger partial charge < -0.3 is 14.2 Å². The predicted octanol–water partition coefficient (Wildman–Crippen LogP) is 5.36. The molecule has 0 saturated heterocycles. The maximum atomic E-state index is 10.0. The Bertz CT molecular complexity index is 606. The second-order valence-corrected chi connectivity index (χ2v) is 10.3. The fourth-order valence-electron chi connectivity index (χ4n) is 1.11. The molecule has 1 rings (SSSR count). The molecule has 0 amide bonds. The maximum absolute atomic E-state index is 10.0. The van der Waals surface area contributed by atoms with Gasteiger partial charge in [-0.05, 0) is 64.6 Å². The Morgan fingerprint density at radius 1 is 1.33 bits per heavy atom. The lowest BCUT2D eigenvalue weighted by atomic mass is 9.98. The summed E-state index contributed by atoms with van der Waals surface area (Å²) in [4.78, 5) is 10.0. The zero-order valence-corrected chi connectivity index (χ0v) is 17.8. The minimum atomic E-state index is -2.56. The van der Waals surface area contributed by atoms with E-state index in [0.29, 0.717) is 15.8 Å². The molecular formula is C15H24Cl2NO4PS. The van der Waals surface area contributed by atoms with Crippen molar-refractivity contribution >= 4 is 47.6 Å². The van der Waals surface area contributed by atoms with Crippen LogP contribution in [0.4, 0.5) is 0 Å². The van der Waals surface area contributed by atoms with Crippen molar-refractivity contribution in [2.24, 2.45) is 5.41 Å². The van der Waals surface area contributed by atoms with E-state index in [2.05, 4.69) is 5.09 Å². The molecule has 2 N–H and O–H groups in total. The number of nitrogens with one attached hydrogen (secondary N) is 1. The summed E-state index contributed by atoms with van der Waals surface area (Å²) in [5, 5.41) is 12.3. The van der Waals surface area contributed by atoms with Gasteiger partial charge in [-0.15, -0.1) is 0 Å². The molecule has 0 aliphatic carbocycles. The molecule has 0 fully saturated rings. The van der Waals surface area contributed by atoms with Crippen molar-refractivity contribution in [1.29, 1.82) is 0 Å². The van der Waals surface area contributed by atoms with Gasteiger partial charge in [-0.2, -0.15) is 0 Å². The first-order valence-electron chi connectivity index (χ1n) is 7.12. The van der Waals surface area contributed by atoms with Crippen LogP contribution in [-0.2, 0) is 21.1 Å². The number of carboxylic acid groups (broad SMARTS) is 1. The van der Waals surface area contributed by atoms with Gasteiger partial charge >= 0.3 is 12.6 Å². The summed E-state index contributed by atoms with van der Waals surface area (Å²) in [7, 11) is 1.51. The van der Waals surface area contributed by atoms with E-state index in [1.54, 1.807) is 39.0 Å². The summed E-state index contributed by atoms with van der Waals surface area (Å²) >= 11 is 17.1. The number of aliphatic carboxylic acids is 1. The molecule has 0 spiro atoms. The van der Waals surface area contributed by atoms with Gasteiger partial charge in [-0.1, -0.05) is 23.2 Å². The molecule has 0 aromatic heterocycles. The normalized spacial score (nSPS) is 13.7. The van der Waals surface area contributed by atoms with Gasteiger partial charge in [0, 0.05) is 18.2 Å². The molecule has 5 nitrogen and oxygen atoms in total. The molecular weight excluding hydrogens is 392 g/mol. The number of hydrogen-bond acceptors (Lipinski definition) is 4. The third-order valence-corrected chi connectivity index (χ3v) is 5.68. The quantitative estimate of drug-likeness (QED) is 0.630. The van der Waals surface area contributed by atoms with E-state index in [1.165, 1.54) is 7.11 Å². The molecule has 1 aromatic rings. The molecule has 0 bridgehead atoms. The lowest BCUT2D eigenvalue weighted by molar-refractivity contribution is -0.145. The average Bonchev–Trinajstić information content (AvgIpc) is 2.41. The summed E-state index contributed by atoms with van der Waals surface area (Å²) in [5.74, 6) is -0.290. The van der Waals surface area contributed by atoms with E-state index in [9.17, 15) is 4.79 Å². The highest BCUT2D eigenvalue weighted by Gasteiger charge is 2.21. The maximum Gasteiger partial charge on any atom is 0.312 e. The van der Waals surface area contributed by atoms with Crippen LogP contribution in [0.15, 0.2) is 18.2 Å². The molecule has 24 heavy (non-hydrogen) atoms. The van der Waals surface area contributed by atoms with Crippen molar-refractivity contribution in [3.8, 4) is 5.75 Å². The van der Waals surface area contributed by atoms with Gasteiger partial charge in [0.1, 0.15) is 5.75 Å². The number of benzene rings is 1. The lowest BCUT2D eigenvalue weighted by Gasteiger charge is -2.24. The SMILES string of the molecule is CC(C)(C)C(=O)O.COP(=S)(NC(C)C)Oc1ccc(Cl)cc1Cl. The van der Waals surface area contributed by atoms with E-state index in [1.807, 2.05) is 13.8 Å². The summed E-state index contributed by atoms with van der Waals surface area (Å²) in [6, 6.07) is 5.12. The fraction of sp³-hybridized carbons (Fsp3) is 0.533. The van der Waals surface area contributed by atoms with E-state index < -0.39 is 18.0 Å². The standard InChI is InChI=1S/C10H14Cl2NO2PS.C5H10O2/c1-7(2)13-16(17,14-3)15-10-5-4-8(11)6-9(10)12;1-5(2,3)4(6)7/h4-7H,1-3H3,(H,13,17);1-3H3,(H,6,7). The Labute approximate surface area is 158 Å². The molecule has 1 unspecified atom stereocenters. The van der Waals surface area contributed by atoms with Gasteiger partial charge in [0.2, 0.25) is 0 Å². The Hall–Kier alpha value is -0.360. The number of carboxylic acids is 1. The summed E-state index contributed by atoms with van der Waals surface area (Å²) in [6.07, 6.45) is 0. The van der Waals surface area contributed by atoms with Crippen LogP contribution in [0.25, 0.3) is 0 Å². The smallest absolute Gasteiger partial charge is 0.312 e. The van der Waals surface area contributed by atoms with Gasteiger partial charge in [-0.25, -0.2) is 5.09 Å². The monoisotopic (exact) mass is 415 g/mol. The number of halogens is 2. The van der Waals surface area contributed by atoms with Crippen LogP contribution in [0, 0.1) is 5.41 Å². The Morgan fingerprint density at radius 3 is 2.17 bits per heavy atom. The van der Waals surface area contributed by atoms with Crippen molar-refractivity contribution in [3.05, 3.63) is 28.2 Å². The third kappa shape index (κ3) is 9.21. The molecule has 0 heterocycles. The Kier molecular flexibility index (Phi) is 9.80. The van der Waals surface area contributed by atoms with E-state index in [-0.39, 0.29) is 6.04 Å². The first-order valence-corrected chi connectivity index (χ1v) is 10.5. The second-order valence-electron chi connectivity index (χ2n) is 6.19. The second kappa shape index (κ2) is 9.95. The highest BCUT2D eigenvalue weighted by Crippen LogP contribution is 2.46. The first kappa shape index (κ1) is 23.6. The average molecular weight is 416 g/mol. The van der Waals surface area contributed by atoms with E-state index in [0.717, 1.165) is 0 Å². The van der Waals surface area contributed by atoms with Crippen LogP contribution in [-0.4, -0.2) is 24.2 Å². The van der Waals surface area contributed by atoms with Crippen molar-refractivity contribution in [1.82, 2.24) is 5.09 Å². The van der Waals surface area contributed by atoms with Crippen molar-refractivity contribution in [2.45, 2.75) is 40.7 Å². The molecule has 1 atom stereocenters. The molecule has 0 saturated carbocycles. The first-order chi connectivity index (χ1) is 10.8. The lowest BCUT2D eigenvalue weighted by Crippen LogP contribution is -2.22. The van der Waals surface area contributed by atoms with Crippen LogP contribution in [0.3, 0.4) is 0 Å². The molecule has 0 aliphatic rings. The minimum absolute atomic E-state index is 0.159. The predicted molar refractivity (Wildman–Crippen MR) is 104 cm³/mol. The summed E-state index contributed by atoms with van der Waals surface area (Å²) in [6.45, 7) is 6.35.